The van der Waals surface area contributed by atoms with Crippen LogP contribution in [0, 0.1) is 0 Å². The van der Waals surface area contributed by atoms with Crippen LogP contribution >= 0.6 is 0 Å². The van der Waals surface area contributed by atoms with E-state index in [2.05, 4.69) is 20.3 Å². The van der Waals surface area contributed by atoms with Crippen molar-refractivity contribution in [3.63, 3.8) is 0 Å². The summed E-state index contributed by atoms with van der Waals surface area (Å²) in [6.45, 7) is 0. The third kappa shape index (κ3) is 4.78. The first-order chi connectivity index (χ1) is 16.6. The maximum Gasteiger partial charge on any atom is 0.272 e. The number of nitrogens with zero attached hydrogens (tertiary/aromatic N) is 3. The minimum atomic E-state index is -2.38. The third-order valence-electron chi connectivity index (χ3n) is 5.87. The van der Waals surface area contributed by atoms with Crippen LogP contribution in [0.25, 0.3) is 11.0 Å². The fourth-order valence-corrected chi connectivity index (χ4v) is 4.67. The molecule has 10 heteroatoms. The summed E-state index contributed by atoms with van der Waals surface area (Å²) in [5.41, 5.74) is 3.19. The van der Waals surface area contributed by atoms with Crippen LogP contribution in [-0.4, -0.2) is 29.2 Å². The van der Waals surface area contributed by atoms with Gasteiger partial charge in [0.25, 0.3) is 5.91 Å². The molecule has 5 rings (SSSR count). The summed E-state index contributed by atoms with van der Waals surface area (Å²) in [4.78, 5) is 22.4. The number of carbonyl (C=O) groups is 1. The molecule has 1 aliphatic carbocycles. The van der Waals surface area contributed by atoms with E-state index >= 15 is 0 Å². The zero-order valence-corrected chi connectivity index (χ0v) is 19.0. The van der Waals surface area contributed by atoms with Gasteiger partial charge in [0.05, 0.1) is 0 Å². The summed E-state index contributed by atoms with van der Waals surface area (Å²) in [5.74, 6) is 0.220. The van der Waals surface area contributed by atoms with Crippen molar-refractivity contribution in [3.8, 4) is 0 Å². The molecule has 174 valence electrons. The van der Waals surface area contributed by atoms with E-state index in [-0.39, 0.29) is 11.9 Å². The molecule has 0 spiro atoms. The van der Waals surface area contributed by atoms with Crippen molar-refractivity contribution in [1.82, 2.24) is 14.5 Å². The van der Waals surface area contributed by atoms with Gasteiger partial charge in [-0.3, -0.25) is 9.00 Å². The number of nitrogens with one attached hydrogen (secondary N) is 3. The van der Waals surface area contributed by atoms with Crippen LogP contribution in [0.2, 0.25) is 0 Å². The lowest BCUT2D eigenvalue weighted by Crippen LogP contribution is -2.19. The van der Waals surface area contributed by atoms with Crippen molar-refractivity contribution in [2.24, 2.45) is 0 Å². The first-order valence-corrected chi connectivity index (χ1v) is 12.1. The second-order valence-electron chi connectivity index (χ2n) is 8.17. The van der Waals surface area contributed by atoms with Crippen LogP contribution < -0.4 is 15.4 Å². The Bertz CT molecular complexity index is 1330. The molecule has 1 unspecified atom stereocenters. The Morgan fingerprint density at radius 1 is 1.00 bits per heavy atom. The van der Waals surface area contributed by atoms with E-state index < -0.39 is 11.3 Å². The Labute approximate surface area is 199 Å². The summed E-state index contributed by atoms with van der Waals surface area (Å²) in [5, 5.41) is 6.94. The van der Waals surface area contributed by atoms with Crippen molar-refractivity contribution in [1.29, 1.82) is 0 Å². The van der Waals surface area contributed by atoms with Crippen molar-refractivity contribution in [3.05, 3.63) is 72.6 Å². The summed E-state index contributed by atoms with van der Waals surface area (Å²) in [6, 6.07) is 18.2. The number of rotatable bonds is 7. The largest absolute Gasteiger partial charge is 0.755 e. The molecule has 1 amide bonds. The van der Waals surface area contributed by atoms with Gasteiger partial charge in [0.1, 0.15) is 11.3 Å². The highest BCUT2D eigenvalue weighted by molar-refractivity contribution is 7.80. The first-order valence-electron chi connectivity index (χ1n) is 11.0. The summed E-state index contributed by atoms with van der Waals surface area (Å²) >= 11 is -2.38. The second-order valence-corrected chi connectivity index (χ2v) is 8.84. The van der Waals surface area contributed by atoms with Gasteiger partial charge in [-0.1, -0.05) is 31.0 Å². The molecule has 1 aliphatic rings. The molecule has 1 saturated carbocycles. The zero-order chi connectivity index (χ0) is 23.5. The molecule has 1 fully saturated rings. The SMILES string of the molecule is O=C(Nc1ccccc1)c1cc2cnc(Nc3ccc(NS(=O)[O-])cc3)nc2n1C1CCCC1. The minimum absolute atomic E-state index is 0.176. The van der Waals surface area contributed by atoms with Crippen LogP contribution in [0.5, 0.6) is 0 Å². The van der Waals surface area contributed by atoms with Gasteiger partial charge in [0.2, 0.25) is 5.95 Å². The molecule has 1 atom stereocenters. The zero-order valence-electron chi connectivity index (χ0n) is 18.2. The van der Waals surface area contributed by atoms with Crippen LogP contribution in [0.4, 0.5) is 23.0 Å². The van der Waals surface area contributed by atoms with Crippen molar-refractivity contribution < 1.29 is 13.6 Å². The minimum Gasteiger partial charge on any atom is -0.755 e. The van der Waals surface area contributed by atoms with E-state index in [1.54, 1.807) is 30.5 Å². The maximum absolute atomic E-state index is 13.2. The number of amides is 1. The van der Waals surface area contributed by atoms with Crippen LogP contribution in [0.1, 0.15) is 42.2 Å². The molecule has 9 nitrogen and oxygen atoms in total. The summed E-state index contributed by atoms with van der Waals surface area (Å²) in [6.07, 6.45) is 5.95. The fraction of sp³-hybridized carbons (Fsp3) is 0.208. The molecule has 2 aromatic carbocycles. The van der Waals surface area contributed by atoms with Gasteiger partial charge in [0.15, 0.2) is 0 Å². The summed E-state index contributed by atoms with van der Waals surface area (Å²) in [7, 11) is 0. The lowest BCUT2D eigenvalue weighted by Gasteiger charge is -2.17. The molecule has 0 bridgehead atoms. The Hall–Kier alpha value is -3.76. The molecular formula is C24H23N6O3S-. The maximum atomic E-state index is 13.2. The van der Waals surface area contributed by atoms with E-state index in [1.807, 2.05) is 41.0 Å². The number of hydrogen-bond acceptors (Lipinski definition) is 6. The van der Waals surface area contributed by atoms with Crippen molar-refractivity contribution in [2.75, 3.05) is 15.4 Å². The lowest BCUT2D eigenvalue weighted by molar-refractivity contribution is 0.101. The monoisotopic (exact) mass is 475 g/mol. The quantitative estimate of drug-likeness (QED) is 0.332. The van der Waals surface area contributed by atoms with Crippen LogP contribution in [0.3, 0.4) is 0 Å². The molecule has 2 aromatic heterocycles. The van der Waals surface area contributed by atoms with E-state index in [9.17, 15) is 13.6 Å². The summed E-state index contributed by atoms with van der Waals surface area (Å²) < 4.78 is 25.9. The topological polar surface area (TPSA) is 124 Å². The number of anilines is 4. The third-order valence-corrected chi connectivity index (χ3v) is 6.27. The number of hydrogen-bond donors (Lipinski definition) is 3. The number of para-hydroxylation sites is 1. The smallest absolute Gasteiger partial charge is 0.272 e. The lowest BCUT2D eigenvalue weighted by atomic mass is 10.2. The van der Waals surface area contributed by atoms with Gasteiger partial charge in [-0.05, 0) is 55.3 Å². The molecule has 0 saturated heterocycles. The molecule has 4 aromatic rings. The van der Waals surface area contributed by atoms with Gasteiger partial charge in [-0.25, -0.2) is 4.98 Å². The Morgan fingerprint density at radius 3 is 2.41 bits per heavy atom. The van der Waals surface area contributed by atoms with Crippen molar-refractivity contribution in [2.45, 2.75) is 31.7 Å². The van der Waals surface area contributed by atoms with Gasteiger partial charge in [0, 0.05) is 46.0 Å². The number of benzene rings is 2. The van der Waals surface area contributed by atoms with E-state index in [4.69, 9.17) is 4.98 Å². The average molecular weight is 476 g/mol. The van der Waals surface area contributed by atoms with Gasteiger partial charge in [-0.2, -0.15) is 4.98 Å². The van der Waals surface area contributed by atoms with Gasteiger partial charge in [-0.15, -0.1) is 0 Å². The number of carbonyl (C=O) groups excluding carboxylic acids is 1. The van der Waals surface area contributed by atoms with Crippen molar-refractivity contribution >= 4 is 51.2 Å². The first kappa shape index (κ1) is 22.1. The molecular weight excluding hydrogens is 452 g/mol. The molecule has 3 N–H and O–H groups in total. The van der Waals surface area contributed by atoms with Crippen LogP contribution in [0.15, 0.2) is 66.9 Å². The fourth-order valence-electron chi connectivity index (χ4n) is 4.34. The van der Waals surface area contributed by atoms with Gasteiger partial charge < -0.3 is 24.5 Å². The highest BCUT2D eigenvalue weighted by Crippen LogP contribution is 2.35. The predicted octanol–water partition coefficient (Wildman–Crippen LogP) is 4.75. The molecule has 2 heterocycles. The number of fused-ring (bicyclic) bond motifs is 1. The Balaban J connectivity index is 1.46. The average Bonchev–Trinajstić information content (AvgIpc) is 3.48. The van der Waals surface area contributed by atoms with E-state index in [0.29, 0.717) is 28.7 Å². The van der Waals surface area contributed by atoms with Gasteiger partial charge >= 0.3 is 0 Å². The Kier molecular flexibility index (Phi) is 6.24. The standard InChI is InChI=1S/C24H24N6O3S/c31-23(26-17-6-2-1-3-7-17)21-14-16-15-25-24(28-22(16)30(21)20-8-4-5-9-20)27-18-10-12-19(13-11-18)29-34(32)33/h1-3,6-7,10-15,20,29H,4-5,8-9H2,(H,26,31)(H,32,33)(H,25,27,28)/p-1. The normalized spacial score (nSPS) is 14.7. The molecule has 34 heavy (non-hydrogen) atoms. The molecule has 0 radical (unpaired) electrons. The van der Waals surface area contributed by atoms with E-state index in [1.165, 1.54) is 0 Å². The number of aromatic nitrogens is 3. The Morgan fingerprint density at radius 2 is 1.71 bits per heavy atom. The predicted molar refractivity (Wildman–Crippen MR) is 132 cm³/mol. The van der Waals surface area contributed by atoms with Crippen LogP contribution in [-0.2, 0) is 11.3 Å². The highest BCUT2D eigenvalue weighted by atomic mass is 32.2. The molecule has 0 aliphatic heterocycles. The van der Waals surface area contributed by atoms with E-state index in [0.717, 1.165) is 36.8 Å². The second kappa shape index (κ2) is 9.62. The highest BCUT2D eigenvalue weighted by Gasteiger charge is 2.26.